The number of amides is 3. The maximum atomic E-state index is 10.6. The highest BCUT2D eigenvalue weighted by molar-refractivity contribution is 5.84. The Morgan fingerprint density at radius 3 is 1.92 bits per heavy atom. The summed E-state index contributed by atoms with van der Waals surface area (Å²) in [6, 6.07) is -0.470. The highest BCUT2D eigenvalue weighted by Crippen LogP contribution is 1.96. The van der Waals surface area contributed by atoms with Gasteiger partial charge in [-0.1, -0.05) is 13.8 Å². The first-order chi connectivity index (χ1) is 5.45. The monoisotopic (exact) mass is 174 g/mol. The highest BCUT2D eigenvalue weighted by atomic mass is 16.2. The molecule has 0 aliphatic heterocycles. The van der Waals surface area contributed by atoms with Crippen molar-refractivity contribution in [3.05, 3.63) is 0 Å². The van der Waals surface area contributed by atoms with Gasteiger partial charge in [0, 0.05) is 5.54 Å². The molecule has 0 aromatic rings. The Morgan fingerprint density at radius 1 is 1.25 bits per heavy atom. The zero-order chi connectivity index (χ0) is 10.2. The first-order valence-electron chi connectivity index (χ1n) is 3.98. The number of rotatable bonds is 1. The predicted molar refractivity (Wildman–Crippen MR) is 48.8 cm³/mol. The summed E-state index contributed by atoms with van der Waals surface area (Å²) in [5.74, 6) is 0. The van der Waals surface area contributed by atoms with Gasteiger partial charge in [-0.2, -0.15) is 0 Å². The van der Waals surface area contributed by atoms with Gasteiger partial charge in [0.25, 0.3) is 0 Å². The molecule has 0 rings (SSSR count). The standard InChI is InChI=1S/C6H12N2O2.C2H6/c1-6(2,3)8-5(10)7-4-9;1-2/h4H,1-3H3,(H2,7,8,9,10);1-2H3. The molecule has 0 aromatic carbocycles. The van der Waals surface area contributed by atoms with E-state index in [-0.39, 0.29) is 5.54 Å². The Hall–Kier alpha value is -1.06. The fourth-order valence-corrected chi connectivity index (χ4v) is 0.430. The molecule has 0 spiro atoms. The van der Waals surface area contributed by atoms with Gasteiger partial charge < -0.3 is 5.32 Å². The molecular formula is C8H18N2O2. The first-order valence-corrected chi connectivity index (χ1v) is 3.98. The number of carbonyl (C=O) groups is 2. The van der Waals surface area contributed by atoms with Gasteiger partial charge in [-0.3, -0.25) is 10.1 Å². The zero-order valence-corrected chi connectivity index (χ0v) is 8.39. The van der Waals surface area contributed by atoms with Gasteiger partial charge in [0.15, 0.2) is 0 Å². The molecule has 0 aromatic heterocycles. The van der Waals surface area contributed by atoms with Gasteiger partial charge in [-0.05, 0) is 20.8 Å². The third kappa shape index (κ3) is 11.7. The molecule has 0 radical (unpaired) electrons. The summed E-state index contributed by atoms with van der Waals surface area (Å²) in [6.45, 7) is 9.49. The molecule has 0 bridgehead atoms. The molecule has 0 saturated heterocycles. The smallest absolute Gasteiger partial charge is 0.321 e. The van der Waals surface area contributed by atoms with E-state index in [1.54, 1.807) is 0 Å². The van der Waals surface area contributed by atoms with Crippen LogP contribution >= 0.6 is 0 Å². The second-order valence-corrected chi connectivity index (χ2v) is 2.97. The Kier molecular flexibility index (Phi) is 7.48. The van der Waals surface area contributed by atoms with Crippen LogP contribution in [0.3, 0.4) is 0 Å². The molecule has 72 valence electrons. The van der Waals surface area contributed by atoms with Crippen molar-refractivity contribution in [1.82, 2.24) is 10.6 Å². The van der Waals surface area contributed by atoms with Crippen LogP contribution < -0.4 is 10.6 Å². The molecular weight excluding hydrogens is 156 g/mol. The number of hydrogen-bond acceptors (Lipinski definition) is 2. The minimum absolute atomic E-state index is 0.299. The van der Waals surface area contributed by atoms with Gasteiger partial charge in [0.1, 0.15) is 0 Å². The quantitative estimate of drug-likeness (QED) is 0.588. The number of carbonyl (C=O) groups excluding carboxylic acids is 2. The van der Waals surface area contributed by atoms with Gasteiger partial charge >= 0.3 is 6.03 Å². The van der Waals surface area contributed by atoms with Gasteiger partial charge in [-0.25, -0.2) is 4.79 Å². The Bertz CT molecular complexity index is 138. The SMILES string of the molecule is CC.CC(C)(C)NC(=O)NC=O. The van der Waals surface area contributed by atoms with Crippen LogP contribution in [0.2, 0.25) is 0 Å². The number of urea groups is 1. The van der Waals surface area contributed by atoms with Crippen molar-refractivity contribution in [2.75, 3.05) is 0 Å². The van der Waals surface area contributed by atoms with Gasteiger partial charge in [0.05, 0.1) is 0 Å². The van der Waals surface area contributed by atoms with Crippen molar-refractivity contribution >= 4 is 12.4 Å². The van der Waals surface area contributed by atoms with E-state index in [1.807, 2.05) is 39.9 Å². The lowest BCUT2D eigenvalue weighted by Gasteiger charge is -2.19. The van der Waals surface area contributed by atoms with E-state index in [9.17, 15) is 9.59 Å². The molecule has 2 N–H and O–H groups in total. The lowest BCUT2D eigenvalue weighted by atomic mass is 10.1. The first kappa shape index (κ1) is 13.5. The van der Waals surface area contributed by atoms with Crippen LogP contribution in [0, 0.1) is 0 Å². The van der Waals surface area contributed by atoms with Crippen LogP contribution in [0.1, 0.15) is 34.6 Å². The molecule has 0 aliphatic rings. The number of hydrogen-bond donors (Lipinski definition) is 2. The Labute approximate surface area is 73.7 Å². The average Bonchev–Trinajstić information content (AvgIpc) is 1.88. The Morgan fingerprint density at radius 2 is 1.67 bits per heavy atom. The van der Waals surface area contributed by atoms with E-state index >= 15 is 0 Å². The lowest BCUT2D eigenvalue weighted by molar-refractivity contribution is -0.108. The molecule has 0 unspecified atom stereocenters. The van der Waals surface area contributed by atoms with Crippen molar-refractivity contribution in [2.45, 2.75) is 40.2 Å². The van der Waals surface area contributed by atoms with Crippen LogP contribution in [0.5, 0.6) is 0 Å². The lowest BCUT2D eigenvalue weighted by Crippen LogP contribution is -2.45. The second kappa shape index (κ2) is 6.64. The maximum absolute atomic E-state index is 10.6. The molecule has 0 aliphatic carbocycles. The summed E-state index contributed by atoms with van der Waals surface area (Å²) in [6.07, 6.45) is 0.348. The van der Waals surface area contributed by atoms with Crippen molar-refractivity contribution < 1.29 is 9.59 Å². The van der Waals surface area contributed by atoms with Crippen LogP contribution in [0.15, 0.2) is 0 Å². The van der Waals surface area contributed by atoms with Crippen molar-refractivity contribution in [3.63, 3.8) is 0 Å². The summed E-state index contributed by atoms with van der Waals surface area (Å²) in [7, 11) is 0. The normalized spacial score (nSPS) is 9.08. The predicted octanol–water partition coefficient (Wildman–Crippen LogP) is 1.27. The summed E-state index contributed by atoms with van der Waals surface area (Å²) < 4.78 is 0. The summed E-state index contributed by atoms with van der Waals surface area (Å²) in [5.41, 5.74) is -0.299. The molecule has 3 amide bonds. The Balaban J connectivity index is 0. The van der Waals surface area contributed by atoms with Crippen LogP contribution in [0.4, 0.5) is 4.79 Å². The minimum Gasteiger partial charge on any atom is -0.333 e. The van der Waals surface area contributed by atoms with Crippen LogP contribution in [-0.4, -0.2) is 18.0 Å². The van der Waals surface area contributed by atoms with E-state index in [1.165, 1.54) is 0 Å². The van der Waals surface area contributed by atoms with Crippen LogP contribution in [-0.2, 0) is 4.79 Å². The van der Waals surface area contributed by atoms with E-state index in [2.05, 4.69) is 5.32 Å². The van der Waals surface area contributed by atoms with Crippen LogP contribution in [0.25, 0.3) is 0 Å². The minimum atomic E-state index is -0.470. The molecule has 4 heteroatoms. The summed E-state index contributed by atoms with van der Waals surface area (Å²) in [5, 5.41) is 4.51. The molecule has 0 saturated carbocycles. The van der Waals surface area contributed by atoms with Gasteiger partial charge in [0.2, 0.25) is 6.41 Å². The van der Waals surface area contributed by atoms with Crippen molar-refractivity contribution in [2.24, 2.45) is 0 Å². The third-order valence-corrected chi connectivity index (χ3v) is 0.679. The van der Waals surface area contributed by atoms with Crippen molar-refractivity contribution in [3.8, 4) is 0 Å². The van der Waals surface area contributed by atoms with Crippen molar-refractivity contribution in [1.29, 1.82) is 0 Å². The molecule has 0 fully saturated rings. The summed E-state index contributed by atoms with van der Waals surface area (Å²) >= 11 is 0. The highest BCUT2D eigenvalue weighted by Gasteiger charge is 2.11. The number of nitrogens with one attached hydrogen (secondary N) is 2. The zero-order valence-electron chi connectivity index (χ0n) is 8.39. The molecule has 0 heterocycles. The molecule has 0 atom stereocenters. The maximum Gasteiger partial charge on any atom is 0.321 e. The van der Waals surface area contributed by atoms with E-state index in [0.29, 0.717) is 6.41 Å². The molecule has 12 heavy (non-hydrogen) atoms. The topological polar surface area (TPSA) is 58.2 Å². The van der Waals surface area contributed by atoms with E-state index in [4.69, 9.17) is 0 Å². The molecule has 4 nitrogen and oxygen atoms in total. The van der Waals surface area contributed by atoms with Gasteiger partial charge in [-0.15, -0.1) is 0 Å². The fraction of sp³-hybridized carbons (Fsp3) is 0.750. The summed E-state index contributed by atoms with van der Waals surface area (Å²) in [4.78, 5) is 20.3. The largest absolute Gasteiger partial charge is 0.333 e. The average molecular weight is 174 g/mol. The second-order valence-electron chi connectivity index (χ2n) is 2.97. The fourth-order valence-electron chi connectivity index (χ4n) is 0.430. The van der Waals surface area contributed by atoms with E-state index in [0.717, 1.165) is 0 Å². The number of imide groups is 1. The third-order valence-electron chi connectivity index (χ3n) is 0.679. The van der Waals surface area contributed by atoms with E-state index < -0.39 is 6.03 Å².